The summed E-state index contributed by atoms with van der Waals surface area (Å²) < 4.78 is 5.27. The van der Waals surface area contributed by atoms with Crippen LogP contribution in [0.15, 0.2) is 108 Å². The van der Waals surface area contributed by atoms with Crippen molar-refractivity contribution in [1.82, 2.24) is 0 Å². The fraction of sp³-hybridized carbons (Fsp3) is 0.0370. The first-order valence-electron chi connectivity index (χ1n) is 10.1. The standard InChI is InChI=1S/C27H20N2O2/c1-31-23-16-14-22(15-17-23)29-26(20-9-3-2-4-10-20)28-25(27(29)30)18-21-12-7-11-19-8-5-6-13-24(19)21/h2-18H,1H3/b25-18+. The van der Waals surface area contributed by atoms with E-state index in [2.05, 4.69) is 18.2 Å². The summed E-state index contributed by atoms with van der Waals surface area (Å²) in [6, 6.07) is 31.4. The molecular weight excluding hydrogens is 384 g/mol. The number of rotatable bonds is 4. The van der Waals surface area contributed by atoms with E-state index in [0.29, 0.717) is 11.5 Å². The lowest BCUT2D eigenvalue weighted by Crippen LogP contribution is -2.32. The average Bonchev–Trinajstić information content (AvgIpc) is 3.16. The number of aliphatic imine (C=N–C) groups is 1. The Labute approximate surface area is 180 Å². The summed E-state index contributed by atoms with van der Waals surface area (Å²) >= 11 is 0. The molecule has 0 aromatic heterocycles. The Morgan fingerprint density at radius 2 is 1.52 bits per heavy atom. The molecule has 0 fully saturated rings. The van der Waals surface area contributed by atoms with Gasteiger partial charge in [-0.15, -0.1) is 0 Å². The van der Waals surface area contributed by atoms with Crippen molar-refractivity contribution in [2.24, 2.45) is 4.99 Å². The number of hydrogen-bond donors (Lipinski definition) is 0. The fourth-order valence-electron chi connectivity index (χ4n) is 3.79. The molecule has 4 aromatic carbocycles. The quantitative estimate of drug-likeness (QED) is 0.411. The zero-order valence-electron chi connectivity index (χ0n) is 17.0. The van der Waals surface area contributed by atoms with E-state index in [1.807, 2.05) is 84.9 Å². The van der Waals surface area contributed by atoms with E-state index < -0.39 is 0 Å². The predicted octanol–water partition coefficient (Wildman–Crippen LogP) is 5.68. The van der Waals surface area contributed by atoms with Crippen molar-refractivity contribution >= 4 is 34.3 Å². The number of ether oxygens (including phenoxy) is 1. The highest BCUT2D eigenvalue weighted by atomic mass is 16.5. The largest absolute Gasteiger partial charge is 0.497 e. The number of anilines is 1. The highest BCUT2D eigenvalue weighted by Gasteiger charge is 2.32. The molecule has 1 aliphatic heterocycles. The molecule has 4 nitrogen and oxygen atoms in total. The molecule has 1 amide bonds. The van der Waals surface area contributed by atoms with Gasteiger partial charge in [-0.05, 0) is 46.7 Å². The molecule has 0 bridgehead atoms. The number of amidine groups is 1. The Bertz CT molecular complexity index is 1320. The Kier molecular flexibility index (Phi) is 4.81. The Morgan fingerprint density at radius 3 is 2.29 bits per heavy atom. The number of carbonyl (C=O) groups excluding carboxylic acids is 1. The van der Waals surface area contributed by atoms with E-state index in [9.17, 15) is 4.79 Å². The van der Waals surface area contributed by atoms with Crippen molar-refractivity contribution in [3.05, 3.63) is 114 Å². The topological polar surface area (TPSA) is 41.9 Å². The monoisotopic (exact) mass is 404 g/mol. The van der Waals surface area contributed by atoms with Crippen LogP contribution in [-0.4, -0.2) is 18.9 Å². The zero-order chi connectivity index (χ0) is 21.2. The Hall–Kier alpha value is -4.18. The lowest BCUT2D eigenvalue weighted by Gasteiger charge is -2.18. The van der Waals surface area contributed by atoms with Gasteiger partial charge in [0.15, 0.2) is 0 Å². The molecule has 4 heteroatoms. The highest BCUT2D eigenvalue weighted by molar-refractivity contribution is 6.33. The van der Waals surface area contributed by atoms with E-state index in [0.717, 1.165) is 33.3 Å². The van der Waals surface area contributed by atoms with E-state index in [-0.39, 0.29) is 5.91 Å². The minimum absolute atomic E-state index is 0.156. The lowest BCUT2D eigenvalue weighted by atomic mass is 10.0. The summed E-state index contributed by atoms with van der Waals surface area (Å²) in [5.41, 5.74) is 3.00. The van der Waals surface area contributed by atoms with E-state index in [4.69, 9.17) is 9.73 Å². The summed E-state index contributed by atoms with van der Waals surface area (Å²) in [6.45, 7) is 0. The minimum Gasteiger partial charge on any atom is -0.497 e. The molecule has 0 saturated heterocycles. The van der Waals surface area contributed by atoms with Crippen molar-refractivity contribution in [1.29, 1.82) is 0 Å². The van der Waals surface area contributed by atoms with E-state index in [1.165, 1.54) is 0 Å². The third kappa shape index (κ3) is 3.49. The lowest BCUT2D eigenvalue weighted by molar-refractivity contribution is -0.113. The molecule has 0 spiro atoms. The van der Waals surface area contributed by atoms with Crippen LogP contribution in [0.25, 0.3) is 16.8 Å². The van der Waals surface area contributed by atoms with Gasteiger partial charge in [-0.3, -0.25) is 9.69 Å². The van der Waals surface area contributed by atoms with Crippen LogP contribution in [0, 0.1) is 0 Å². The van der Waals surface area contributed by atoms with Gasteiger partial charge in [0.1, 0.15) is 17.3 Å². The summed E-state index contributed by atoms with van der Waals surface area (Å²) in [6.07, 6.45) is 1.87. The normalized spacial score (nSPS) is 14.9. The first-order valence-corrected chi connectivity index (χ1v) is 10.1. The van der Waals surface area contributed by atoms with Crippen molar-refractivity contribution in [2.45, 2.75) is 0 Å². The fourth-order valence-corrected chi connectivity index (χ4v) is 3.79. The van der Waals surface area contributed by atoms with E-state index >= 15 is 0 Å². The third-order valence-corrected chi connectivity index (χ3v) is 5.34. The second kappa shape index (κ2) is 7.92. The van der Waals surface area contributed by atoms with Gasteiger partial charge in [-0.25, -0.2) is 4.99 Å². The summed E-state index contributed by atoms with van der Waals surface area (Å²) in [5, 5.41) is 2.21. The number of methoxy groups -OCH3 is 1. The van der Waals surface area contributed by atoms with Gasteiger partial charge in [0, 0.05) is 5.56 Å². The van der Waals surface area contributed by atoms with Crippen LogP contribution in [0.1, 0.15) is 11.1 Å². The van der Waals surface area contributed by atoms with Crippen LogP contribution >= 0.6 is 0 Å². The van der Waals surface area contributed by atoms with Crippen LogP contribution in [0.5, 0.6) is 5.75 Å². The van der Waals surface area contributed by atoms with Gasteiger partial charge in [0.25, 0.3) is 5.91 Å². The predicted molar refractivity (Wildman–Crippen MR) is 125 cm³/mol. The SMILES string of the molecule is COc1ccc(N2C(=O)/C(=C\c3cccc4ccccc34)N=C2c2ccccc2)cc1. The second-order valence-electron chi connectivity index (χ2n) is 7.24. The van der Waals surface area contributed by atoms with Crippen molar-refractivity contribution < 1.29 is 9.53 Å². The Balaban J connectivity index is 1.64. The molecule has 150 valence electrons. The van der Waals surface area contributed by atoms with E-state index in [1.54, 1.807) is 12.0 Å². The Morgan fingerprint density at radius 1 is 0.806 bits per heavy atom. The number of amides is 1. The molecule has 0 aliphatic carbocycles. The van der Waals surface area contributed by atoms with Crippen LogP contribution in [0.4, 0.5) is 5.69 Å². The molecule has 31 heavy (non-hydrogen) atoms. The number of hydrogen-bond acceptors (Lipinski definition) is 3. The number of carbonyl (C=O) groups is 1. The number of fused-ring (bicyclic) bond motifs is 1. The smallest absolute Gasteiger partial charge is 0.282 e. The molecule has 1 aliphatic rings. The van der Waals surface area contributed by atoms with Crippen LogP contribution < -0.4 is 9.64 Å². The van der Waals surface area contributed by atoms with Gasteiger partial charge in [0.05, 0.1) is 12.8 Å². The van der Waals surface area contributed by atoms with Crippen molar-refractivity contribution in [3.63, 3.8) is 0 Å². The van der Waals surface area contributed by atoms with Crippen LogP contribution in [-0.2, 0) is 4.79 Å². The van der Waals surface area contributed by atoms with Crippen LogP contribution in [0.3, 0.4) is 0 Å². The van der Waals surface area contributed by atoms with Gasteiger partial charge in [-0.1, -0.05) is 72.8 Å². The molecular formula is C27H20N2O2. The number of nitrogens with zero attached hydrogens (tertiary/aromatic N) is 2. The minimum atomic E-state index is -0.156. The molecule has 0 atom stereocenters. The van der Waals surface area contributed by atoms with Crippen LogP contribution in [0.2, 0.25) is 0 Å². The zero-order valence-corrected chi connectivity index (χ0v) is 17.0. The van der Waals surface area contributed by atoms with Gasteiger partial charge >= 0.3 is 0 Å². The summed E-state index contributed by atoms with van der Waals surface area (Å²) in [4.78, 5) is 19.9. The molecule has 4 aromatic rings. The second-order valence-corrected chi connectivity index (χ2v) is 7.24. The van der Waals surface area contributed by atoms with Crippen molar-refractivity contribution in [3.8, 4) is 5.75 Å². The number of benzene rings is 4. The van der Waals surface area contributed by atoms with Gasteiger partial charge in [0.2, 0.25) is 0 Å². The average molecular weight is 404 g/mol. The van der Waals surface area contributed by atoms with Gasteiger partial charge in [-0.2, -0.15) is 0 Å². The maximum atomic E-state index is 13.5. The molecule has 1 heterocycles. The summed E-state index contributed by atoms with van der Waals surface area (Å²) in [7, 11) is 1.62. The van der Waals surface area contributed by atoms with Gasteiger partial charge < -0.3 is 4.74 Å². The molecule has 0 N–H and O–H groups in total. The maximum Gasteiger partial charge on any atom is 0.282 e. The highest BCUT2D eigenvalue weighted by Crippen LogP contribution is 2.30. The molecule has 0 saturated carbocycles. The molecule has 0 unspecified atom stereocenters. The van der Waals surface area contributed by atoms with Crippen molar-refractivity contribution in [2.75, 3.05) is 12.0 Å². The maximum absolute atomic E-state index is 13.5. The molecule has 5 rings (SSSR count). The first-order chi connectivity index (χ1) is 15.2. The molecule has 0 radical (unpaired) electrons. The summed E-state index contributed by atoms with van der Waals surface area (Å²) in [5.74, 6) is 1.19. The first kappa shape index (κ1) is 18.8. The third-order valence-electron chi connectivity index (χ3n) is 5.34.